The minimum Gasteiger partial charge on any atom is -0.317 e. The first-order chi connectivity index (χ1) is 20.3. The van der Waals surface area contributed by atoms with Crippen molar-refractivity contribution in [1.82, 2.24) is 14.8 Å². The smallest absolute Gasteiger partial charge is 0.317 e. The van der Waals surface area contributed by atoms with Crippen LogP contribution in [0.3, 0.4) is 0 Å². The molecule has 3 heterocycles. The summed E-state index contributed by atoms with van der Waals surface area (Å²) in [5, 5.41) is 3.48. The van der Waals surface area contributed by atoms with Crippen LogP contribution in [0.25, 0.3) is 6.08 Å². The predicted octanol–water partition coefficient (Wildman–Crippen LogP) is 7.45. The maximum Gasteiger partial charge on any atom is 0.351 e. The van der Waals surface area contributed by atoms with Crippen molar-refractivity contribution in [2.24, 2.45) is 0 Å². The Morgan fingerprint density at radius 1 is 0.952 bits per heavy atom. The lowest BCUT2D eigenvalue weighted by atomic mass is 9.75. The highest BCUT2D eigenvalue weighted by Crippen LogP contribution is 2.52. The molecule has 0 aliphatic carbocycles. The molecule has 4 aromatic rings. The molecule has 1 unspecified atom stereocenters. The lowest BCUT2D eigenvalue weighted by Gasteiger charge is -2.36. The second-order valence-corrected chi connectivity index (χ2v) is 12.3. The van der Waals surface area contributed by atoms with Crippen LogP contribution in [-0.2, 0) is 5.41 Å². The quantitative estimate of drug-likeness (QED) is 0.238. The van der Waals surface area contributed by atoms with Crippen LogP contribution in [0.1, 0.15) is 40.0 Å². The van der Waals surface area contributed by atoms with Crippen LogP contribution in [-0.4, -0.2) is 37.1 Å². The molecule has 0 saturated carbocycles. The van der Waals surface area contributed by atoms with Crippen molar-refractivity contribution in [3.05, 3.63) is 125 Å². The van der Waals surface area contributed by atoms with Gasteiger partial charge >= 0.3 is 5.91 Å². The summed E-state index contributed by atoms with van der Waals surface area (Å²) in [7, 11) is 0. The fourth-order valence-electron chi connectivity index (χ4n) is 6.37. The van der Waals surface area contributed by atoms with E-state index in [2.05, 4.69) is 22.4 Å². The van der Waals surface area contributed by atoms with E-state index in [4.69, 9.17) is 0 Å². The molecule has 0 radical (unpaired) electrons. The first kappa shape index (κ1) is 28.4. The average molecular weight is 587 g/mol. The van der Waals surface area contributed by atoms with Crippen LogP contribution in [0.5, 0.6) is 0 Å². The summed E-state index contributed by atoms with van der Waals surface area (Å²) in [5.74, 6) is -2.10. The number of carbonyl (C=O) groups excluding carboxylic acids is 1. The Bertz CT molecular complexity index is 1670. The molecule has 4 nitrogen and oxygen atoms in total. The molecule has 2 aliphatic heterocycles. The Balaban J connectivity index is 1.45. The number of aromatic nitrogens is 1. The van der Waals surface area contributed by atoms with Crippen molar-refractivity contribution >= 4 is 29.4 Å². The third-order valence-electron chi connectivity index (χ3n) is 8.39. The summed E-state index contributed by atoms with van der Waals surface area (Å²) in [6, 6.07) is 20.2. The SMILES string of the molecule is Cc1cc(C(=O)[N+]2(C/C=C/c3ccc(F)c(F)c3)CC3(CCNCC3)c3cc(Sc4ccc(F)cc4)ccc32)ccn1. The highest BCUT2D eigenvalue weighted by Gasteiger charge is 2.57. The second-order valence-electron chi connectivity index (χ2n) is 11.1. The van der Waals surface area contributed by atoms with Crippen LogP contribution in [0, 0.1) is 24.4 Å². The zero-order valence-electron chi connectivity index (χ0n) is 23.2. The number of halogens is 3. The van der Waals surface area contributed by atoms with Crippen LogP contribution in [0.15, 0.2) is 94.9 Å². The highest BCUT2D eigenvalue weighted by molar-refractivity contribution is 7.99. The van der Waals surface area contributed by atoms with Gasteiger partial charge in [-0.3, -0.25) is 4.98 Å². The fraction of sp³-hybridized carbons (Fsp3) is 0.235. The third kappa shape index (κ3) is 5.42. The van der Waals surface area contributed by atoms with Crippen molar-refractivity contribution in [3.63, 3.8) is 0 Å². The van der Waals surface area contributed by atoms with Gasteiger partial charge in [-0.2, -0.15) is 0 Å². The number of nitrogens with one attached hydrogen (secondary N) is 1. The molecule has 214 valence electrons. The number of rotatable bonds is 6. The number of nitrogens with zero attached hydrogens (tertiary/aromatic N) is 2. The summed E-state index contributed by atoms with van der Waals surface area (Å²) in [4.78, 5) is 20.9. The molecular weight excluding hydrogens is 555 g/mol. The van der Waals surface area contributed by atoms with E-state index < -0.39 is 11.6 Å². The number of carbonyl (C=O) groups is 1. The van der Waals surface area contributed by atoms with Crippen molar-refractivity contribution in [2.75, 3.05) is 26.2 Å². The van der Waals surface area contributed by atoms with E-state index in [-0.39, 0.29) is 21.6 Å². The number of amides is 1. The Labute approximate surface area is 247 Å². The van der Waals surface area contributed by atoms with Gasteiger partial charge in [0.15, 0.2) is 11.6 Å². The van der Waals surface area contributed by atoms with Gasteiger partial charge in [-0.15, -0.1) is 0 Å². The maximum atomic E-state index is 14.6. The number of fused-ring (bicyclic) bond motifs is 2. The van der Waals surface area contributed by atoms with E-state index in [1.165, 1.54) is 18.2 Å². The lowest BCUT2D eigenvalue weighted by Crippen LogP contribution is -2.57. The summed E-state index contributed by atoms with van der Waals surface area (Å²) in [6.45, 7) is 4.52. The van der Waals surface area contributed by atoms with Crippen molar-refractivity contribution in [3.8, 4) is 0 Å². The van der Waals surface area contributed by atoms with Gasteiger partial charge in [-0.05, 0) is 105 Å². The van der Waals surface area contributed by atoms with Crippen LogP contribution in [0.4, 0.5) is 18.9 Å². The molecule has 1 aromatic heterocycles. The predicted molar refractivity (Wildman–Crippen MR) is 161 cm³/mol. The van der Waals surface area contributed by atoms with Gasteiger partial charge in [0, 0.05) is 33.3 Å². The van der Waals surface area contributed by atoms with E-state index in [1.54, 1.807) is 42.2 Å². The minimum absolute atomic E-state index is 0.0222. The van der Waals surface area contributed by atoms with Crippen molar-refractivity contribution in [1.29, 1.82) is 0 Å². The average Bonchev–Trinajstić information content (AvgIpc) is 3.25. The maximum absolute atomic E-state index is 14.6. The first-order valence-corrected chi connectivity index (χ1v) is 14.9. The number of hydrogen-bond acceptors (Lipinski definition) is 4. The zero-order chi connectivity index (χ0) is 29.3. The molecular formula is C34H31F3N3OS+. The van der Waals surface area contributed by atoms with E-state index in [1.807, 2.05) is 25.1 Å². The Morgan fingerprint density at radius 2 is 1.71 bits per heavy atom. The van der Waals surface area contributed by atoms with Crippen molar-refractivity contribution in [2.45, 2.75) is 35.0 Å². The molecule has 1 atom stereocenters. The number of aryl methyl sites for hydroxylation is 1. The number of pyridine rings is 1. The second kappa shape index (κ2) is 11.5. The van der Waals surface area contributed by atoms with Crippen molar-refractivity contribution < 1.29 is 18.0 Å². The standard InChI is InChI=1S/C34H31F3N3OS/c1-23-19-25(12-15-39-23)33(41)40(18-2-3-24-4-10-30(36)31(37)20-24)22-34(13-16-38-17-14-34)29-21-28(9-11-32(29)40)42-27-7-5-26(35)6-8-27/h2-12,15,19-21,38H,13-14,16-18,22H2,1H3/q+1/b3-2+. The summed E-state index contributed by atoms with van der Waals surface area (Å²) in [5.41, 5.74) is 3.78. The first-order valence-electron chi connectivity index (χ1n) is 14.0. The number of benzene rings is 3. The van der Waals surface area contributed by atoms with Gasteiger partial charge in [-0.25, -0.2) is 22.4 Å². The van der Waals surface area contributed by atoms with Gasteiger partial charge in [0.05, 0.1) is 11.0 Å². The molecule has 42 heavy (non-hydrogen) atoms. The molecule has 6 rings (SSSR count). The molecule has 1 saturated heterocycles. The van der Waals surface area contributed by atoms with Crippen LogP contribution in [0.2, 0.25) is 0 Å². The number of hydrogen-bond donors (Lipinski definition) is 1. The van der Waals surface area contributed by atoms with Crippen LogP contribution < -0.4 is 9.80 Å². The molecule has 0 bridgehead atoms. The third-order valence-corrected chi connectivity index (χ3v) is 9.38. The largest absolute Gasteiger partial charge is 0.351 e. The van der Waals surface area contributed by atoms with Crippen LogP contribution >= 0.6 is 11.8 Å². The monoisotopic (exact) mass is 586 g/mol. The Morgan fingerprint density at radius 3 is 2.45 bits per heavy atom. The van der Waals surface area contributed by atoms with Gasteiger partial charge in [0.25, 0.3) is 0 Å². The summed E-state index contributed by atoms with van der Waals surface area (Å²) < 4.78 is 41.1. The van der Waals surface area contributed by atoms with Gasteiger partial charge < -0.3 is 5.32 Å². The molecule has 3 aromatic carbocycles. The Hall–Kier alpha value is -3.72. The normalized spacial score (nSPS) is 19.3. The zero-order valence-corrected chi connectivity index (χ0v) is 24.1. The van der Waals surface area contributed by atoms with E-state index in [0.717, 1.165) is 64.8 Å². The summed E-state index contributed by atoms with van der Waals surface area (Å²) >= 11 is 1.57. The van der Waals surface area contributed by atoms with E-state index >= 15 is 0 Å². The molecule has 1 spiro atoms. The molecule has 8 heteroatoms. The number of quaternary nitrogens is 1. The number of piperidine rings is 1. The molecule has 1 fully saturated rings. The minimum atomic E-state index is -0.907. The summed E-state index contributed by atoms with van der Waals surface area (Å²) in [6.07, 6.45) is 7.08. The lowest BCUT2D eigenvalue weighted by molar-refractivity contribution is 0.0759. The van der Waals surface area contributed by atoms with Gasteiger partial charge in [0.2, 0.25) is 0 Å². The van der Waals surface area contributed by atoms with Gasteiger partial charge in [-0.1, -0.05) is 23.9 Å². The highest BCUT2D eigenvalue weighted by atomic mass is 32.2. The van der Waals surface area contributed by atoms with E-state index in [0.29, 0.717) is 24.2 Å². The molecule has 2 aliphatic rings. The fourth-order valence-corrected chi connectivity index (χ4v) is 7.23. The molecule has 1 N–H and O–H groups in total. The molecule has 1 amide bonds. The topological polar surface area (TPSA) is 42.0 Å². The van der Waals surface area contributed by atoms with E-state index in [9.17, 15) is 18.0 Å². The Kier molecular flexibility index (Phi) is 7.79. The van der Waals surface area contributed by atoms with Gasteiger partial charge in [0.1, 0.15) is 24.6 Å².